The quantitative estimate of drug-likeness (QED) is 0.489. The second-order valence-electron chi connectivity index (χ2n) is 8.03. The zero-order valence-corrected chi connectivity index (χ0v) is 20.4. The summed E-state index contributed by atoms with van der Waals surface area (Å²) in [4.78, 5) is 12.5. The van der Waals surface area contributed by atoms with E-state index in [0.717, 1.165) is 22.9 Å². The molecular weight excluding hydrogens is 428 g/mol. The lowest BCUT2D eigenvalue weighted by Crippen LogP contribution is -2.25. The van der Waals surface area contributed by atoms with Gasteiger partial charge in [0.15, 0.2) is 0 Å². The number of nitrogens with zero attached hydrogens (tertiary/aromatic N) is 1. The van der Waals surface area contributed by atoms with E-state index in [1.54, 1.807) is 12.1 Å². The number of methoxy groups -OCH3 is 1. The Morgan fingerprint density at radius 2 is 1.75 bits per heavy atom. The van der Waals surface area contributed by atoms with Crippen molar-refractivity contribution in [3.63, 3.8) is 0 Å². The molecule has 8 heteroatoms. The molecule has 1 N–H and O–H groups in total. The number of ether oxygens (including phenoxy) is 2. The van der Waals surface area contributed by atoms with E-state index in [1.165, 1.54) is 32.8 Å². The average molecular weight is 463 g/mol. The Balaban J connectivity index is 1.83. The summed E-state index contributed by atoms with van der Waals surface area (Å²) in [6.45, 7) is 4.57. The van der Waals surface area contributed by atoms with Crippen LogP contribution in [0.1, 0.15) is 37.8 Å². The number of aryl methyl sites for hydroxylation is 2. The minimum absolute atomic E-state index is 0.0754. The maximum atomic E-state index is 12.4. The fourth-order valence-corrected chi connectivity index (χ4v) is 4.14. The summed E-state index contributed by atoms with van der Waals surface area (Å²) in [5.41, 5.74) is 1.88. The SMILES string of the molecule is COc1ccc(S(=O)(=O)N(C)C)cc1CCC(=O)NCCCc1ccc(OC(C)C)cc1. The molecule has 1 amide bonds. The van der Waals surface area contributed by atoms with Crippen molar-refractivity contribution in [2.75, 3.05) is 27.7 Å². The standard InChI is InChI=1S/C24H34N2O5S/c1-18(2)31-21-11-8-19(9-12-21)7-6-16-25-24(27)15-10-20-17-22(13-14-23(20)30-5)32(28,29)26(3)4/h8-9,11-14,17-18H,6-7,10,15-16H2,1-5H3,(H,25,27). The first-order valence-corrected chi connectivity index (χ1v) is 12.2. The van der Waals surface area contributed by atoms with Gasteiger partial charge in [-0.15, -0.1) is 0 Å². The van der Waals surface area contributed by atoms with E-state index >= 15 is 0 Å². The first-order chi connectivity index (χ1) is 15.1. The highest BCUT2D eigenvalue weighted by Crippen LogP contribution is 2.25. The molecule has 2 aromatic carbocycles. The zero-order valence-electron chi connectivity index (χ0n) is 19.6. The van der Waals surface area contributed by atoms with Crippen LogP contribution in [-0.4, -0.2) is 52.5 Å². The van der Waals surface area contributed by atoms with Crippen molar-refractivity contribution < 1.29 is 22.7 Å². The van der Waals surface area contributed by atoms with Gasteiger partial charge in [0.2, 0.25) is 15.9 Å². The second-order valence-corrected chi connectivity index (χ2v) is 10.2. The lowest BCUT2D eigenvalue weighted by molar-refractivity contribution is -0.121. The highest BCUT2D eigenvalue weighted by atomic mass is 32.2. The van der Waals surface area contributed by atoms with Gasteiger partial charge in [0.05, 0.1) is 18.1 Å². The van der Waals surface area contributed by atoms with E-state index in [2.05, 4.69) is 5.32 Å². The van der Waals surface area contributed by atoms with E-state index in [9.17, 15) is 13.2 Å². The van der Waals surface area contributed by atoms with Gasteiger partial charge in [0, 0.05) is 27.1 Å². The number of sulfonamides is 1. The monoisotopic (exact) mass is 462 g/mol. The third kappa shape index (κ3) is 7.53. The molecule has 0 atom stereocenters. The van der Waals surface area contributed by atoms with Crippen molar-refractivity contribution in [3.05, 3.63) is 53.6 Å². The molecule has 0 bridgehead atoms. The summed E-state index contributed by atoms with van der Waals surface area (Å²) in [5.74, 6) is 1.35. The van der Waals surface area contributed by atoms with Gasteiger partial charge in [-0.2, -0.15) is 0 Å². The first-order valence-electron chi connectivity index (χ1n) is 10.7. The lowest BCUT2D eigenvalue weighted by atomic mass is 10.1. The van der Waals surface area contributed by atoms with Crippen molar-refractivity contribution in [2.45, 2.75) is 50.5 Å². The summed E-state index contributed by atoms with van der Waals surface area (Å²) >= 11 is 0. The van der Waals surface area contributed by atoms with Gasteiger partial charge in [0.25, 0.3) is 0 Å². The van der Waals surface area contributed by atoms with Gasteiger partial charge < -0.3 is 14.8 Å². The Kier molecular flexibility index (Phi) is 9.53. The maximum absolute atomic E-state index is 12.4. The van der Waals surface area contributed by atoms with Crippen LogP contribution >= 0.6 is 0 Å². The largest absolute Gasteiger partial charge is 0.496 e. The Hall–Kier alpha value is -2.58. The number of rotatable bonds is 12. The lowest BCUT2D eigenvalue weighted by Gasteiger charge is -2.14. The van der Waals surface area contributed by atoms with Crippen molar-refractivity contribution in [2.24, 2.45) is 0 Å². The minimum atomic E-state index is -3.55. The van der Waals surface area contributed by atoms with Crippen molar-refractivity contribution in [3.8, 4) is 11.5 Å². The highest BCUT2D eigenvalue weighted by Gasteiger charge is 2.19. The van der Waals surface area contributed by atoms with Gasteiger partial charge in [-0.05, 0) is 74.6 Å². The summed E-state index contributed by atoms with van der Waals surface area (Å²) in [6, 6.07) is 12.7. The molecule has 0 saturated carbocycles. The van der Waals surface area contributed by atoms with E-state index < -0.39 is 10.0 Å². The molecule has 0 fully saturated rings. The van der Waals surface area contributed by atoms with Crippen LogP contribution in [0.3, 0.4) is 0 Å². The van der Waals surface area contributed by atoms with Crippen LogP contribution in [0.15, 0.2) is 47.4 Å². The van der Waals surface area contributed by atoms with Gasteiger partial charge in [-0.1, -0.05) is 12.1 Å². The van der Waals surface area contributed by atoms with E-state index in [-0.39, 0.29) is 23.3 Å². The Labute approximate surface area is 191 Å². The fourth-order valence-electron chi connectivity index (χ4n) is 3.19. The van der Waals surface area contributed by atoms with Crippen LogP contribution in [0, 0.1) is 0 Å². The summed E-state index contributed by atoms with van der Waals surface area (Å²) in [6.07, 6.45) is 2.48. The third-order valence-corrected chi connectivity index (χ3v) is 6.72. The molecule has 32 heavy (non-hydrogen) atoms. The average Bonchev–Trinajstić information content (AvgIpc) is 2.75. The minimum Gasteiger partial charge on any atom is -0.496 e. The molecule has 2 aromatic rings. The molecule has 0 radical (unpaired) electrons. The van der Waals surface area contributed by atoms with Crippen LogP contribution < -0.4 is 14.8 Å². The predicted molar refractivity (Wildman–Crippen MR) is 126 cm³/mol. The molecule has 0 aliphatic heterocycles. The maximum Gasteiger partial charge on any atom is 0.242 e. The molecule has 0 unspecified atom stereocenters. The number of hydrogen-bond acceptors (Lipinski definition) is 5. The Morgan fingerprint density at radius 3 is 2.34 bits per heavy atom. The molecule has 0 aliphatic rings. The van der Waals surface area contributed by atoms with Gasteiger partial charge in [-0.25, -0.2) is 12.7 Å². The number of benzene rings is 2. The van der Waals surface area contributed by atoms with Gasteiger partial charge in [0.1, 0.15) is 11.5 Å². The molecular formula is C24H34N2O5S. The van der Waals surface area contributed by atoms with Crippen LogP contribution in [0.25, 0.3) is 0 Å². The number of carbonyl (C=O) groups is 1. The normalized spacial score (nSPS) is 11.6. The van der Waals surface area contributed by atoms with E-state index in [1.807, 2.05) is 38.1 Å². The number of carbonyl (C=O) groups excluding carboxylic acids is 1. The third-order valence-electron chi connectivity index (χ3n) is 4.91. The molecule has 7 nitrogen and oxygen atoms in total. The molecule has 0 aliphatic carbocycles. The summed E-state index contributed by atoms with van der Waals surface area (Å²) in [5, 5.41) is 2.93. The van der Waals surface area contributed by atoms with Crippen molar-refractivity contribution in [1.82, 2.24) is 9.62 Å². The van der Waals surface area contributed by atoms with E-state index in [0.29, 0.717) is 24.3 Å². The highest BCUT2D eigenvalue weighted by molar-refractivity contribution is 7.89. The Morgan fingerprint density at radius 1 is 1.06 bits per heavy atom. The van der Waals surface area contributed by atoms with Gasteiger partial charge >= 0.3 is 0 Å². The van der Waals surface area contributed by atoms with Crippen LogP contribution in [0.5, 0.6) is 11.5 Å². The number of nitrogens with one attached hydrogen (secondary N) is 1. The molecule has 2 rings (SSSR count). The predicted octanol–water partition coefficient (Wildman–Crippen LogP) is 3.41. The number of amides is 1. The smallest absolute Gasteiger partial charge is 0.242 e. The van der Waals surface area contributed by atoms with Crippen LogP contribution in [-0.2, 0) is 27.7 Å². The number of hydrogen-bond donors (Lipinski definition) is 1. The molecule has 0 saturated heterocycles. The second kappa shape index (κ2) is 11.9. The summed E-state index contributed by atoms with van der Waals surface area (Å²) < 4.78 is 36.9. The molecule has 176 valence electrons. The van der Waals surface area contributed by atoms with Crippen LogP contribution in [0.2, 0.25) is 0 Å². The molecule has 0 heterocycles. The molecule has 0 spiro atoms. The zero-order chi connectivity index (χ0) is 23.7. The van der Waals surface area contributed by atoms with Gasteiger partial charge in [-0.3, -0.25) is 4.79 Å². The van der Waals surface area contributed by atoms with Crippen molar-refractivity contribution in [1.29, 1.82) is 0 Å². The Bertz CT molecular complexity index is 986. The van der Waals surface area contributed by atoms with Crippen LogP contribution in [0.4, 0.5) is 0 Å². The molecule has 0 aromatic heterocycles. The topological polar surface area (TPSA) is 84.9 Å². The van der Waals surface area contributed by atoms with Crippen molar-refractivity contribution >= 4 is 15.9 Å². The summed E-state index contributed by atoms with van der Waals surface area (Å²) in [7, 11) is 0.955. The van der Waals surface area contributed by atoms with E-state index in [4.69, 9.17) is 9.47 Å². The first kappa shape index (κ1) is 25.7. The fraction of sp³-hybridized carbons (Fsp3) is 0.458.